The van der Waals surface area contributed by atoms with E-state index in [1.54, 1.807) is 6.20 Å². The zero-order valence-electron chi connectivity index (χ0n) is 8.15. The molecule has 16 heavy (non-hydrogen) atoms. The van der Waals surface area contributed by atoms with Gasteiger partial charge in [-0.05, 0) is 17.7 Å². The molecule has 5 heteroatoms. The van der Waals surface area contributed by atoms with Crippen LogP contribution < -0.4 is 0 Å². The van der Waals surface area contributed by atoms with E-state index in [-0.39, 0.29) is 0 Å². The summed E-state index contributed by atoms with van der Waals surface area (Å²) in [6.07, 6.45) is 3.68. The minimum atomic E-state index is -0.976. The summed E-state index contributed by atoms with van der Waals surface area (Å²) in [5, 5.41) is 0. The first kappa shape index (κ1) is 10.5. The van der Waals surface area contributed by atoms with E-state index in [1.165, 1.54) is 12.3 Å². The molecule has 0 saturated heterocycles. The number of nitrogens with one attached hydrogen (secondary N) is 1. The summed E-state index contributed by atoms with van der Waals surface area (Å²) in [5.74, 6) is -2.21. The van der Waals surface area contributed by atoms with E-state index in [0.29, 0.717) is 17.7 Å². The number of aromatic amines is 1. The van der Waals surface area contributed by atoms with Crippen molar-refractivity contribution >= 4 is 6.29 Å². The van der Waals surface area contributed by atoms with Crippen LogP contribution in [-0.4, -0.2) is 16.3 Å². The summed E-state index contributed by atoms with van der Waals surface area (Å²) >= 11 is 0. The van der Waals surface area contributed by atoms with Gasteiger partial charge in [0.1, 0.15) is 12.1 Å². The summed E-state index contributed by atoms with van der Waals surface area (Å²) in [6, 6.07) is 3.35. The molecule has 1 atom stereocenters. The summed E-state index contributed by atoms with van der Waals surface area (Å²) in [6.45, 7) is 0. The first-order chi connectivity index (χ1) is 7.72. The number of hydrogen-bond donors (Lipinski definition) is 1. The molecule has 2 rings (SSSR count). The smallest absolute Gasteiger partial charge is 0.159 e. The van der Waals surface area contributed by atoms with Gasteiger partial charge in [-0.1, -0.05) is 6.07 Å². The molecule has 0 radical (unpaired) electrons. The Hall–Kier alpha value is -2.04. The van der Waals surface area contributed by atoms with Crippen molar-refractivity contribution in [2.24, 2.45) is 0 Å². The maximum absolute atomic E-state index is 13.0. The molecule has 0 fully saturated rings. The van der Waals surface area contributed by atoms with Gasteiger partial charge < -0.3 is 9.78 Å². The lowest BCUT2D eigenvalue weighted by atomic mass is 10.00. The summed E-state index contributed by atoms with van der Waals surface area (Å²) < 4.78 is 25.7. The predicted octanol–water partition coefficient (Wildman–Crippen LogP) is 2.02. The third-order valence-corrected chi connectivity index (χ3v) is 2.25. The van der Waals surface area contributed by atoms with Gasteiger partial charge in [0.15, 0.2) is 11.6 Å². The zero-order valence-corrected chi connectivity index (χ0v) is 8.15. The maximum Gasteiger partial charge on any atom is 0.159 e. The number of H-pyrrole nitrogens is 1. The van der Waals surface area contributed by atoms with E-state index in [1.807, 2.05) is 0 Å². The van der Waals surface area contributed by atoms with Crippen molar-refractivity contribution < 1.29 is 13.6 Å². The van der Waals surface area contributed by atoms with Gasteiger partial charge in [-0.3, -0.25) is 0 Å². The van der Waals surface area contributed by atoms with Crippen LogP contribution in [0.2, 0.25) is 0 Å². The third-order valence-electron chi connectivity index (χ3n) is 2.25. The fraction of sp³-hybridized carbons (Fsp3) is 0.0909. The highest BCUT2D eigenvalue weighted by molar-refractivity contribution is 5.66. The van der Waals surface area contributed by atoms with Crippen LogP contribution in [0.1, 0.15) is 17.3 Å². The first-order valence-corrected chi connectivity index (χ1v) is 4.62. The zero-order chi connectivity index (χ0) is 11.5. The molecule has 0 amide bonds. The summed E-state index contributed by atoms with van der Waals surface area (Å²) in [7, 11) is 0. The van der Waals surface area contributed by atoms with Gasteiger partial charge in [0.05, 0.1) is 5.92 Å². The molecule has 1 unspecified atom stereocenters. The van der Waals surface area contributed by atoms with E-state index in [9.17, 15) is 13.6 Å². The second-order valence-corrected chi connectivity index (χ2v) is 3.26. The third kappa shape index (κ3) is 1.84. The molecule has 0 bridgehead atoms. The number of aldehydes is 1. The lowest BCUT2D eigenvalue weighted by molar-refractivity contribution is -0.108. The number of halogens is 2. The van der Waals surface area contributed by atoms with Crippen LogP contribution in [-0.2, 0) is 4.79 Å². The number of aromatic nitrogens is 2. The normalized spacial score (nSPS) is 12.4. The Kier molecular flexibility index (Phi) is 2.76. The molecule has 1 heterocycles. The molecule has 0 aliphatic heterocycles. The van der Waals surface area contributed by atoms with Crippen LogP contribution in [0.5, 0.6) is 0 Å². The first-order valence-electron chi connectivity index (χ1n) is 4.62. The molecule has 1 aromatic heterocycles. The summed E-state index contributed by atoms with van der Waals surface area (Å²) in [5.41, 5.74) is 0.365. The Morgan fingerprint density at radius 3 is 2.69 bits per heavy atom. The van der Waals surface area contributed by atoms with Gasteiger partial charge in [-0.25, -0.2) is 13.8 Å². The van der Waals surface area contributed by atoms with E-state index >= 15 is 0 Å². The lowest BCUT2D eigenvalue weighted by Crippen LogP contribution is -2.05. The Bertz CT molecular complexity index is 497. The Morgan fingerprint density at radius 2 is 2.12 bits per heavy atom. The molecular formula is C11H8F2N2O. The van der Waals surface area contributed by atoms with Gasteiger partial charge >= 0.3 is 0 Å². The largest absolute Gasteiger partial charge is 0.348 e. The highest BCUT2D eigenvalue weighted by atomic mass is 19.2. The Balaban J connectivity index is 2.41. The number of rotatable bonds is 3. The van der Waals surface area contributed by atoms with Crippen LogP contribution in [0.15, 0.2) is 30.6 Å². The fourth-order valence-corrected chi connectivity index (χ4v) is 1.45. The highest BCUT2D eigenvalue weighted by Crippen LogP contribution is 2.21. The predicted molar refractivity (Wildman–Crippen MR) is 52.9 cm³/mol. The number of benzene rings is 1. The monoisotopic (exact) mass is 222 g/mol. The topological polar surface area (TPSA) is 45.8 Å². The molecule has 1 aromatic carbocycles. The average Bonchev–Trinajstić information content (AvgIpc) is 2.78. The Labute approximate surface area is 90.1 Å². The number of nitrogens with zero attached hydrogens (tertiary/aromatic N) is 1. The molecule has 82 valence electrons. The van der Waals surface area contributed by atoms with Crippen molar-refractivity contribution in [2.75, 3.05) is 0 Å². The second-order valence-electron chi connectivity index (χ2n) is 3.26. The van der Waals surface area contributed by atoms with Crippen LogP contribution in [0.4, 0.5) is 8.78 Å². The van der Waals surface area contributed by atoms with Crippen LogP contribution >= 0.6 is 0 Å². The second kappa shape index (κ2) is 4.22. The molecule has 0 spiro atoms. The number of hydrogen-bond acceptors (Lipinski definition) is 2. The quantitative estimate of drug-likeness (QED) is 0.807. The Morgan fingerprint density at radius 1 is 1.31 bits per heavy atom. The van der Waals surface area contributed by atoms with Crippen molar-refractivity contribution in [3.05, 3.63) is 53.6 Å². The van der Waals surface area contributed by atoms with Crippen LogP contribution in [0.3, 0.4) is 0 Å². The van der Waals surface area contributed by atoms with Gasteiger partial charge in [-0.2, -0.15) is 0 Å². The van der Waals surface area contributed by atoms with Crippen molar-refractivity contribution in [3.63, 3.8) is 0 Å². The van der Waals surface area contributed by atoms with E-state index in [0.717, 1.165) is 12.1 Å². The van der Waals surface area contributed by atoms with Gasteiger partial charge in [0.2, 0.25) is 0 Å². The van der Waals surface area contributed by atoms with Gasteiger partial charge in [0, 0.05) is 12.4 Å². The average molecular weight is 222 g/mol. The van der Waals surface area contributed by atoms with Crippen molar-refractivity contribution in [3.8, 4) is 0 Å². The fourth-order valence-electron chi connectivity index (χ4n) is 1.45. The van der Waals surface area contributed by atoms with Crippen LogP contribution in [0.25, 0.3) is 0 Å². The highest BCUT2D eigenvalue weighted by Gasteiger charge is 2.17. The van der Waals surface area contributed by atoms with Crippen molar-refractivity contribution in [1.29, 1.82) is 0 Å². The molecule has 0 saturated carbocycles. The van der Waals surface area contributed by atoms with Crippen molar-refractivity contribution in [1.82, 2.24) is 9.97 Å². The molecule has 2 aromatic rings. The number of imidazole rings is 1. The maximum atomic E-state index is 13.0. The molecule has 0 aliphatic carbocycles. The molecular weight excluding hydrogens is 214 g/mol. The van der Waals surface area contributed by atoms with Crippen LogP contribution in [0, 0.1) is 11.6 Å². The molecule has 1 N–H and O–H groups in total. The van der Waals surface area contributed by atoms with E-state index in [2.05, 4.69) is 9.97 Å². The minimum absolute atomic E-state index is 0.365. The van der Waals surface area contributed by atoms with Crippen molar-refractivity contribution in [2.45, 2.75) is 5.92 Å². The standard InChI is InChI=1S/C11H8F2N2O/c12-9-2-1-7(5-10(9)13)8(6-16)11-14-3-4-15-11/h1-6,8H,(H,14,15). The van der Waals surface area contributed by atoms with Gasteiger partial charge in [-0.15, -0.1) is 0 Å². The van der Waals surface area contributed by atoms with E-state index < -0.39 is 17.6 Å². The lowest BCUT2D eigenvalue weighted by Gasteiger charge is -2.07. The molecule has 0 aliphatic rings. The number of carbonyl (C=O) groups excluding carboxylic acids is 1. The van der Waals surface area contributed by atoms with Gasteiger partial charge in [0.25, 0.3) is 0 Å². The summed E-state index contributed by atoms with van der Waals surface area (Å²) in [4.78, 5) is 17.6. The number of carbonyl (C=O) groups is 1. The minimum Gasteiger partial charge on any atom is -0.348 e. The van der Waals surface area contributed by atoms with E-state index in [4.69, 9.17) is 0 Å². The SMILES string of the molecule is O=CC(c1ccc(F)c(F)c1)c1ncc[nH]1. The molecule has 3 nitrogen and oxygen atoms in total.